The maximum absolute atomic E-state index is 11.8. The fourth-order valence-electron chi connectivity index (χ4n) is 1.39. The van der Waals surface area contributed by atoms with Crippen LogP contribution in [-0.2, 0) is 6.42 Å². The second-order valence-electron chi connectivity index (χ2n) is 4.47. The summed E-state index contributed by atoms with van der Waals surface area (Å²) < 4.78 is 0.789. The lowest BCUT2D eigenvalue weighted by atomic mass is 10.1. The van der Waals surface area contributed by atoms with Gasteiger partial charge in [0.2, 0.25) is 5.69 Å². The minimum Gasteiger partial charge on any atom is -0.617 e. The van der Waals surface area contributed by atoms with E-state index in [1.165, 1.54) is 0 Å². The van der Waals surface area contributed by atoms with Crippen molar-refractivity contribution in [2.24, 2.45) is 5.92 Å². The van der Waals surface area contributed by atoms with E-state index in [2.05, 4.69) is 18.8 Å². The predicted octanol–water partition coefficient (Wildman–Crippen LogP) is 2.69. The van der Waals surface area contributed by atoms with Crippen molar-refractivity contribution in [3.05, 3.63) is 27.9 Å². The van der Waals surface area contributed by atoms with E-state index >= 15 is 0 Å². The van der Waals surface area contributed by atoms with Gasteiger partial charge in [-0.05, 0) is 23.9 Å². The topological polar surface area (TPSA) is 39.8 Å². The second-order valence-corrected chi connectivity index (χ2v) is 4.83. The summed E-state index contributed by atoms with van der Waals surface area (Å²) in [6.45, 7) is 8.04. The third-order valence-electron chi connectivity index (χ3n) is 2.20. The summed E-state index contributed by atoms with van der Waals surface area (Å²) in [7, 11) is 0. The zero-order valence-corrected chi connectivity index (χ0v) is 10.4. The van der Waals surface area contributed by atoms with Crippen molar-refractivity contribution in [2.75, 3.05) is 0 Å². The first-order chi connectivity index (χ1) is 6.93. The highest BCUT2D eigenvalue weighted by Crippen LogP contribution is 2.16. The maximum atomic E-state index is 11.8. The zero-order valence-electron chi connectivity index (χ0n) is 9.62. The van der Waals surface area contributed by atoms with E-state index in [9.17, 15) is 5.21 Å². The first-order valence-corrected chi connectivity index (χ1v) is 5.58. The Morgan fingerprint density at radius 1 is 1.40 bits per heavy atom. The van der Waals surface area contributed by atoms with E-state index in [1.54, 1.807) is 6.20 Å². The molecule has 0 fully saturated rings. The van der Waals surface area contributed by atoms with E-state index in [1.807, 2.05) is 13.8 Å². The van der Waals surface area contributed by atoms with Crippen molar-refractivity contribution in [2.45, 2.75) is 40.0 Å². The smallest absolute Gasteiger partial charge is 0.308 e. The summed E-state index contributed by atoms with van der Waals surface area (Å²) in [5.74, 6) is 0.584. The Bertz CT molecular complexity index is 351. The van der Waals surface area contributed by atoms with Crippen LogP contribution in [0.2, 0.25) is 5.15 Å². The molecule has 0 unspecified atom stereocenters. The van der Waals surface area contributed by atoms with Crippen molar-refractivity contribution in [1.29, 1.82) is 0 Å². The van der Waals surface area contributed by atoms with Crippen LogP contribution in [0.25, 0.3) is 0 Å². The Balaban J connectivity index is 3.10. The normalized spacial score (nSPS) is 11.4. The molecule has 0 saturated carbocycles. The van der Waals surface area contributed by atoms with Gasteiger partial charge < -0.3 is 5.21 Å². The molecule has 4 heteroatoms. The van der Waals surface area contributed by atoms with Crippen molar-refractivity contribution in [3.63, 3.8) is 0 Å². The first-order valence-electron chi connectivity index (χ1n) is 5.20. The summed E-state index contributed by atoms with van der Waals surface area (Å²) >= 11 is 5.97. The van der Waals surface area contributed by atoms with E-state index in [0.717, 1.165) is 11.2 Å². The fourth-order valence-corrected chi connectivity index (χ4v) is 1.61. The molecule has 0 N–H and O–H groups in total. The lowest BCUT2D eigenvalue weighted by Crippen LogP contribution is -2.35. The molecule has 0 bridgehead atoms. The van der Waals surface area contributed by atoms with Crippen molar-refractivity contribution in [3.8, 4) is 0 Å². The van der Waals surface area contributed by atoms with Gasteiger partial charge in [0.05, 0.1) is 6.20 Å². The number of hydrogen-bond donors (Lipinski definition) is 0. The van der Waals surface area contributed by atoms with Gasteiger partial charge in [-0.1, -0.05) is 27.7 Å². The first kappa shape index (κ1) is 12.2. The molecular weight excluding hydrogens is 212 g/mol. The molecule has 15 heavy (non-hydrogen) atoms. The van der Waals surface area contributed by atoms with Gasteiger partial charge in [-0.3, -0.25) is 0 Å². The summed E-state index contributed by atoms with van der Waals surface area (Å²) in [4.78, 5) is 4.25. The third kappa shape index (κ3) is 2.81. The predicted molar refractivity (Wildman–Crippen MR) is 60.8 cm³/mol. The summed E-state index contributed by atoms with van der Waals surface area (Å²) in [5.41, 5.74) is 1.30. The van der Waals surface area contributed by atoms with E-state index < -0.39 is 0 Å². The van der Waals surface area contributed by atoms with Crippen LogP contribution in [0.5, 0.6) is 0 Å². The largest absolute Gasteiger partial charge is 0.617 e. The molecule has 0 radical (unpaired) electrons. The van der Waals surface area contributed by atoms with E-state index in [4.69, 9.17) is 11.6 Å². The van der Waals surface area contributed by atoms with Gasteiger partial charge >= 0.3 is 5.15 Å². The van der Waals surface area contributed by atoms with Crippen molar-refractivity contribution < 1.29 is 4.73 Å². The Hall–Kier alpha value is -0.830. The summed E-state index contributed by atoms with van der Waals surface area (Å²) in [6.07, 6.45) is 2.36. The van der Waals surface area contributed by atoms with E-state index in [0.29, 0.717) is 17.3 Å². The van der Waals surface area contributed by atoms with Crippen LogP contribution in [0.1, 0.15) is 45.0 Å². The molecule has 1 aromatic heterocycles. The second kappa shape index (κ2) is 4.79. The molecule has 0 aliphatic heterocycles. The number of halogens is 1. The maximum Gasteiger partial charge on any atom is 0.308 e. The highest BCUT2D eigenvalue weighted by atomic mass is 35.5. The van der Waals surface area contributed by atoms with Crippen LogP contribution in [0.4, 0.5) is 0 Å². The molecule has 0 aliphatic rings. The average molecular weight is 229 g/mol. The summed E-state index contributed by atoms with van der Waals surface area (Å²) in [5, 5.41) is 12.0. The molecule has 0 spiro atoms. The van der Waals surface area contributed by atoms with Crippen LogP contribution in [0.3, 0.4) is 0 Å². The Morgan fingerprint density at radius 2 is 2.00 bits per heavy atom. The van der Waals surface area contributed by atoms with Gasteiger partial charge in [0, 0.05) is 5.92 Å². The van der Waals surface area contributed by atoms with Crippen molar-refractivity contribution >= 4 is 11.6 Å². The molecule has 3 nitrogen and oxygen atoms in total. The van der Waals surface area contributed by atoms with Crippen LogP contribution in [0.15, 0.2) is 6.20 Å². The molecular formula is C11H17ClN2O. The number of rotatable bonds is 3. The summed E-state index contributed by atoms with van der Waals surface area (Å²) in [6, 6.07) is 0. The number of aromatic nitrogens is 2. The van der Waals surface area contributed by atoms with Gasteiger partial charge in [0.1, 0.15) is 5.69 Å². The highest BCUT2D eigenvalue weighted by Gasteiger charge is 2.19. The molecule has 84 valence electrons. The van der Waals surface area contributed by atoms with Crippen LogP contribution < -0.4 is 4.73 Å². The SMILES string of the molecule is CC(C)Cc1ncc(C(C)C)[n+]([O-])c1Cl. The fraction of sp³-hybridized carbons (Fsp3) is 0.636. The lowest BCUT2D eigenvalue weighted by molar-refractivity contribution is -0.614. The van der Waals surface area contributed by atoms with Crippen LogP contribution in [-0.4, -0.2) is 4.98 Å². The molecule has 1 rings (SSSR count). The molecule has 1 aromatic rings. The molecule has 1 heterocycles. The molecule has 0 atom stereocenters. The van der Waals surface area contributed by atoms with Gasteiger partial charge in [-0.25, -0.2) is 4.98 Å². The van der Waals surface area contributed by atoms with Gasteiger partial charge in [0.15, 0.2) is 0 Å². The molecule has 0 amide bonds. The Kier molecular flexibility index (Phi) is 3.91. The number of nitrogens with zero attached hydrogens (tertiary/aromatic N) is 2. The molecule has 0 saturated heterocycles. The van der Waals surface area contributed by atoms with E-state index in [-0.39, 0.29) is 11.1 Å². The van der Waals surface area contributed by atoms with Gasteiger partial charge in [-0.2, -0.15) is 4.73 Å². The lowest BCUT2D eigenvalue weighted by Gasteiger charge is -2.11. The molecule has 0 aromatic carbocycles. The quantitative estimate of drug-likeness (QED) is 0.590. The monoisotopic (exact) mass is 228 g/mol. The van der Waals surface area contributed by atoms with Gasteiger partial charge in [0.25, 0.3) is 0 Å². The average Bonchev–Trinajstić information content (AvgIpc) is 2.12. The minimum absolute atomic E-state index is 0.139. The van der Waals surface area contributed by atoms with Crippen LogP contribution >= 0.6 is 11.6 Å². The third-order valence-corrected chi connectivity index (χ3v) is 2.57. The number of hydrogen-bond acceptors (Lipinski definition) is 2. The highest BCUT2D eigenvalue weighted by molar-refractivity contribution is 6.29. The molecule has 0 aliphatic carbocycles. The minimum atomic E-state index is 0.139. The standard InChI is InChI=1S/C11H17ClN2O/c1-7(2)5-9-11(12)14(15)10(6-13-9)8(3)4/h6-8H,5H2,1-4H3. The Labute approximate surface area is 95.7 Å². The Morgan fingerprint density at radius 3 is 2.47 bits per heavy atom. The van der Waals surface area contributed by atoms with Gasteiger partial charge in [-0.15, -0.1) is 0 Å². The van der Waals surface area contributed by atoms with Crippen molar-refractivity contribution in [1.82, 2.24) is 4.98 Å². The van der Waals surface area contributed by atoms with Crippen LogP contribution in [0, 0.1) is 11.1 Å². The zero-order chi connectivity index (χ0) is 11.6.